The molecule has 9 nitrogen and oxygen atoms in total. The van der Waals surface area contributed by atoms with Crippen LogP contribution in [0.2, 0.25) is 0 Å². The van der Waals surface area contributed by atoms with Gasteiger partial charge in [0.05, 0.1) is 35.4 Å². The molecule has 38 heavy (non-hydrogen) atoms. The van der Waals surface area contributed by atoms with Crippen LogP contribution in [-0.2, 0) is 30.4 Å². The number of imide groups is 1. The van der Waals surface area contributed by atoms with E-state index in [4.69, 9.17) is 9.47 Å². The average molecular weight is 553 g/mol. The maximum atomic E-state index is 13.9. The van der Waals surface area contributed by atoms with Crippen molar-refractivity contribution in [3.8, 4) is 0 Å². The van der Waals surface area contributed by atoms with Crippen LogP contribution in [0.25, 0.3) is 0 Å². The van der Waals surface area contributed by atoms with Crippen LogP contribution in [0, 0.1) is 5.92 Å². The number of fused-ring (bicyclic) bond motifs is 2. The normalized spacial score (nSPS) is 20.2. The third-order valence-corrected chi connectivity index (χ3v) is 9.04. The van der Waals surface area contributed by atoms with E-state index in [-0.39, 0.29) is 30.5 Å². The summed E-state index contributed by atoms with van der Waals surface area (Å²) in [6.07, 6.45) is 0. The molecule has 196 valence electrons. The van der Waals surface area contributed by atoms with Gasteiger partial charge in [0.2, 0.25) is 11.8 Å². The first-order valence-corrected chi connectivity index (χ1v) is 13.8. The van der Waals surface area contributed by atoms with Crippen molar-refractivity contribution in [1.82, 2.24) is 4.57 Å². The molecule has 0 saturated carbocycles. The number of thioether (sulfide) groups is 1. The fourth-order valence-electron chi connectivity index (χ4n) is 4.83. The summed E-state index contributed by atoms with van der Waals surface area (Å²) in [5.41, 5.74) is 1.46. The van der Waals surface area contributed by atoms with Crippen LogP contribution in [-0.4, -0.2) is 46.8 Å². The second kappa shape index (κ2) is 10.6. The molecule has 5 rings (SSSR count). The van der Waals surface area contributed by atoms with Gasteiger partial charge in [-0.05, 0) is 43.7 Å². The molecule has 0 spiro atoms. The molecule has 3 unspecified atom stereocenters. The molecule has 3 aromatic rings. The number of aromatic nitrogens is 1. The molecule has 0 radical (unpaired) electrons. The van der Waals surface area contributed by atoms with Gasteiger partial charge in [-0.25, -0.2) is 9.69 Å². The molecule has 0 bridgehead atoms. The Kier molecular flexibility index (Phi) is 7.22. The summed E-state index contributed by atoms with van der Waals surface area (Å²) in [6.45, 7) is 3.54. The number of benzene rings is 2. The number of carbonyl (C=O) groups excluding carboxylic acids is 4. The van der Waals surface area contributed by atoms with Crippen molar-refractivity contribution in [2.75, 3.05) is 18.1 Å². The summed E-state index contributed by atoms with van der Waals surface area (Å²) in [5.74, 6) is -3.13. The van der Waals surface area contributed by atoms with E-state index >= 15 is 0 Å². The quantitative estimate of drug-likeness (QED) is 0.324. The number of hydrogen-bond donors (Lipinski definition) is 0. The maximum absolute atomic E-state index is 13.9. The maximum Gasteiger partial charge on any atom is 0.338 e. The third kappa shape index (κ3) is 4.45. The highest BCUT2D eigenvalue weighted by molar-refractivity contribution is 8.00. The zero-order chi connectivity index (χ0) is 27.0. The Hall–Kier alpha value is -3.70. The Morgan fingerprint density at radius 2 is 1.58 bits per heavy atom. The van der Waals surface area contributed by atoms with Gasteiger partial charge in [0.15, 0.2) is 0 Å². The van der Waals surface area contributed by atoms with Crippen LogP contribution in [0.15, 0.2) is 64.4 Å². The fourth-order valence-corrected chi connectivity index (χ4v) is 7.60. The fraction of sp³-hybridized carbons (Fsp3) is 0.296. The molecule has 2 aliphatic rings. The van der Waals surface area contributed by atoms with E-state index in [9.17, 15) is 24.0 Å². The number of amides is 2. The highest BCUT2D eigenvalue weighted by atomic mass is 32.2. The monoisotopic (exact) mass is 552 g/mol. The summed E-state index contributed by atoms with van der Waals surface area (Å²) >= 11 is 2.12. The lowest BCUT2D eigenvalue weighted by molar-refractivity contribution is -0.144. The Labute approximate surface area is 226 Å². The Morgan fingerprint density at radius 3 is 2.24 bits per heavy atom. The van der Waals surface area contributed by atoms with E-state index in [2.05, 4.69) is 0 Å². The molecular weight excluding hydrogens is 528 g/mol. The highest BCUT2D eigenvalue weighted by Gasteiger charge is 2.56. The van der Waals surface area contributed by atoms with Gasteiger partial charge in [-0.3, -0.25) is 23.7 Å². The van der Waals surface area contributed by atoms with Gasteiger partial charge in [0.1, 0.15) is 11.8 Å². The summed E-state index contributed by atoms with van der Waals surface area (Å²) in [5, 5.41) is -0.295. The van der Waals surface area contributed by atoms with Crippen molar-refractivity contribution >= 4 is 52.5 Å². The van der Waals surface area contributed by atoms with Crippen LogP contribution in [0.1, 0.15) is 40.6 Å². The minimum atomic E-state index is -0.799. The topological polar surface area (TPSA) is 112 Å². The van der Waals surface area contributed by atoms with Crippen molar-refractivity contribution in [3.05, 3.63) is 80.3 Å². The molecule has 0 aliphatic carbocycles. The van der Waals surface area contributed by atoms with E-state index in [0.717, 1.165) is 33.6 Å². The molecule has 3 heterocycles. The standard InChI is InChI=1S/C27H24N2O7S2/c1-3-35-18(30)14-28-25-22(38-27(28)34)19(15-8-6-5-7-9-15)20-21(37-25)24(32)29(23(20)31)17-12-10-16(11-13-17)26(33)36-4-2/h5-13,19-21H,3-4,14H2,1-2H3. The molecule has 1 saturated heterocycles. The Balaban J connectivity index is 1.56. The molecule has 2 amide bonds. The predicted molar refractivity (Wildman–Crippen MR) is 142 cm³/mol. The zero-order valence-corrected chi connectivity index (χ0v) is 22.3. The zero-order valence-electron chi connectivity index (χ0n) is 20.6. The first-order valence-electron chi connectivity index (χ1n) is 12.1. The summed E-state index contributed by atoms with van der Waals surface area (Å²) in [4.78, 5) is 66.3. The van der Waals surface area contributed by atoms with Crippen LogP contribution >= 0.6 is 23.1 Å². The number of anilines is 1. The van der Waals surface area contributed by atoms with Crippen molar-refractivity contribution in [3.63, 3.8) is 0 Å². The van der Waals surface area contributed by atoms with Crippen LogP contribution < -0.4 is 9.77 Å². The van der Waals surface area contributed by atoms with Crippen LogP contribution in [0.3, 0.4) is 0 Å². The summed E-state index contributed by atoms with van der Waals surface area (Å²) < 4.78 is 11.4. The van der Waals surface area contributed by atoms with Gasteiger partial charge in [-0.2, -0.15) is 0 Å². The number of thiazole rings is 1. The predicted octanol–water partition coefficient (Wildman–Crippen LogP) is 3.45. The number of hydrogen-bond acceptors (Lipinski definition) is 9. The number of rotatable bonds is 7. The lowest BCUT2D eigenvalue weighted by Crippen LogP contribution is -2.32. The number of esters is 2. The van der Waals surface area contributed by atoms with Gasteiger partial charge < -0.3 is 9.47 Å². The number of carbonyl (C=O) groups is 4. The Morgan fingerprint density at radius 1 is 0.895 bits per heavy atom. The van der Waals surface area contributed by atoms with E-state index in [1.165, 1.54) is 16.7 Å². The van der Waals surface area contributed by atoms with Gasteiger partial charge in [-0.15, -0.1) is 0 Å². The molecule has 2 aromatic carbocycles. The first kappa shape index (κ1) is 25.9. The van der Waals surface area contributed by atoms with E-state index in [1.807, 2.05) is 30.3 Å². The SMILES string of the molecule is CCOC(=O)Cn1c2c(sc1=O)C(c1ccccc1)C1C(=O)N(c3ccc(C(=O)OCC)cc3)C(=O)C1S2. The van der Waals surface area contributed by atoms with Crippen molar-refractivity contribution in [2.45, 2.75) is 36.6 Å². The molecule has 1 aromatic heterocycles. The molecule has 0 N–H and O–H groups in total. The van der Waals surface area contributed by atoms with Crippen molar-refractivity contribution in [1.29, 1.82) is 0 Å². The van der Waals surface area contributed by atoms with Crippen LogP contribution in [0.5, 0.6) is 0 Å². The second-order valence-electron chi connectivity index (χ2n) is 8.66. The van der Waals surface area contributed by atoms with Gasteiger partial charge >= 0.3 is 16.8 Å². The highest BCUT2D eigenvalue weighted by Crippen LogP contribution is 2.53. The minimum absolute atomic E-state index is 0.182. The lowest BCUT2D eigenvalue weighted by atomic mass is 9.83. The largest absolute Gasteiger partial charge is 0.465 e. The minimum Gasteiger partial charge on any atom is -0.465 e. The van der Waals surface area contributed by atoms with Crippen LogP contribution in [0.4, 0.5) is 5.69 Å². The Bertz CT molecular complexity index is 1460. The third-order valence-electron chi connectivity index (χ3n) is 6.44. The van der Waals surface area contributed by atoms with Gasteiger partial charge in [-0.1, -0.05) is 53.4 Å². The molecule has 11 heteroatoms. The van der Waals surface area contributed by atoms with Crippen molar-refractivity contribution in [2.24, 2.45) is 5.92 Å². The number of ether oxygens (including phenoxy) is 2. The lowest BCUT2D eigenvalue weighted by Gasteiger charge is -2.30. The van der Waals surface area contributed by atoms with E-state index in [0.29, 0.717) is 21.2 Å². The van der Waals surface area contributed by atoms with E-state index in [1.54, 1.807) is 26.0 Å². The van der Waals surface area contributed by atoms with Gasteiger partial charge in [0.25, 0.3) is 0 Å². The molecular formula is C27H24N2O7S2. The first-order chi connectivity index (χ1) is 18.3. The second-order valence-corrected chi connectivity index (χ2v) is 10.8. The number of nitrogens with zero attached hydrogens (tertiary/aromatic N) is 2. The molecule has 1 fully saturated rings. The van der Waals surface area contributed by atoms with Crippen molar-refractivity contribution < 1.29 is 28.7 Å². The molecule has 3 atom stereocenters. The average Bonchev–Trinajstić information content (AvgIpc) is 3.35. The van der Waals surface area contributed by atoms with E-state index < -0.39 is 34.9 Å². The molecule has 2 aliphatic heterocycles. The summed E-state index contributed by atoms with van der Waals surface area (Å²) in [7, 11) is 0. The smallest absolute Gasteiger partial charge is 0.338 e. The van der Waals surface area contributed by atoms with Gasteiger partial charge in [0, 0.05) is 10.8 Å². The summed E-state index contributed by atoms with van der Waals surface area (Å²) in [6, 6.07) is 15.4.